The molecule has 2 aromatic carbocycles. The third-order valence-electron chi connectivity index (χ3n) is 4.45. The van der Waals surface area contributed by atoms with Crippen LogP contribution in [0.1, 0.15) is 31.8 Å². The molecule has 2 aromatic rings. The van der Waals surface area contributed by atoms with Crippen LogP contribution in [0.25, 0.3) is 0 Å². The molecule has 0 fully saturated rings. The molecule has 2 aliphatic rings. The molecule has 7 nitrogen and oxygen atoms in total. The molecule has 0 saturated carbocycles. The monoisotopic (exact) mass is 371 g/mol. The zero-order valence-electron chi connectivity index (χ0n) is 15.2. The zero-order chi connectivity index (χ0) is 19.4. The van der Waals surface area contributed by atoms with Gasteiger partial charge in [-0.3, -0.25) is 9.63 Å². The minimum atomic E-state index is -0.922. The molecule has 0 radical (unpaired) electrons. The first-order chi connectivity index (χ1) is 13.0. The number of para-hydroxylation sites is 2. The Labute approximate surface area is 157 Å². The first-order valence-electron chi connectivity index (χ1n) is 8.57. The molecular formula is C20H21NO6. The molecule has 0 atom stereocenters. The number of carbonyl (C=O) groups excluding carboxylic acids is 1. The molecule has 2 heterocycles. The molecule has 0 aliphatic carbocycles. The number of benzene rings is 2. The summed E-state index contributed by atoms with van der Waals surface area (Å²) in [5.74, 6) is 0.140. The van der Waals surface area contributed by atoms with E-state index in [1.807, 2.05) is 18.2 Å². The molecule has 1 amide bonds. The highest BCUT2D eigenvalue weighted by atomic mass is 16.7. The van der Waals surface area contributed by atoms with Crippen molar-refractivity contribution in [1.82, 2.24) is 5.06 Å². The van der Waals surface area contributed by atoms with Gasteiger partial charge in [0.25, 0.3) is 5.91 Å². The minimum Gasteiger partial charge on any atom is -0.492 e. The lowest BCUT2D eigenvalue weighted by Crippen LogP contribution is -2.25. The topological polar surface area (TPSA) is 85.3 Å². The molecule has 1 N–H and O–H groups in total. The normalized spacial score (nSPS) is 13.4. The van der Waals surface area contributed by atoms with Crippen molar-refractivity contribution in [2.75, 3.05) is 27.4 Å². The summed E-state index contributed by atoms with van der Waals surface area (Å²) < 4.78 is 10.7. The molecule has 142 valence electrons. The Kier molecular flexibility index (Phi) is 5.61. The van der Waals surface area contributed by atoms with E-state index in [2.05, 4.69) is 0 Å². The van der Waals surface area contributed by atoms with Gasteiger partial charge in [-0.2, -0.15) is 0 Å². The number of aromatic carboxylic acids is 1. The van der Waals surface area contributed by atoms with Crippen LogP contribution in [0.5, 0.6) is 11.5 Å². The van der Waals surface area contributed by atoms with Crippen LogP contribution in [-0.2, 0) is 17.7 Å². The Balaban J connectivity index is 0.000000159. The van der Waals surface area contributed by atoms with E-state index in [1.165, 1.54) is 12.2 Å². The average Bonchev–Trinajstić information content (AvgIpc) is 3.35. The van der Waals surface area contributed by atoms with E-state index in [9.17, 15) is 9.59 Å². The molecular weight excluding hydrogens is 350 g/mol. The van der Waals surface area contributed by atoms with Crippen molar-refractivity contribution >= 4 is 11.9 Å². The van der Waals surface area contributed by atoms with E-state index in [0.29, 0.717) is 30.3 Å². The Morgan fingerprint density at radius 2 is 1.48 bits per heavy atom. The molecule has 2 aliphatic heterocycles. The second kappa shape index (κ2) is 8.09. The van der Waals surface area contributed by atoms with Gasteiger partial charge < -0.3 is 14.6 Å². The summed E-state index contributed by atoms with van der Waals surface area (Å²) in [7, 11) is 3.04. The lowest BCUT2D eigenvalue weighted by Gasteiger charge is -2.15. The summed E-state index contributed by atoms with van der Waals surface area (Å²) in [6.45, 7) is 1.25. The standard InChI is InChI=1S/C11H13NO3.C9H8O3/c1-12(14-2)11(13)9-5-3-4-8-6-7-15-10(8)9;10-9(11)7-3-1-2-6-4-5-12-8(6)7/h3-5H,6-7H2,1-2H3;1-3H,4-5H2,(H,10,11). The van der Waals surface area contributed by atoms with Crippen molar-refractivity contribution in [2.24, 2.45) is 0 Å². The summed E-state index contributed by atoms with van der Waals surface area (Å²) in [4.78, 5) is 27.4. The Morgan fingerprint density at radius 1 is 0.963 bits per heavy atom. The zero-order valence-corrected chi connectivity index (χ0v) is 15.2. The van der Waals surface area contributed by atoms with E-state index in [0.717, 1.165) is 24.0 Å². The first kappa shape index (κ1) is 18.7. The van der Waals surface area contributed by atoms with Crippen LogP contribution in [-0.4, -0.2) is 49.4 Å². The molecule has 0 bridgehead atoms. The van der Waals surface area contributed by atoms with E-state index in [-0.39, 0.29) is 11.5 Å². The number of carboxylic acid groups (broad SMARTS) is 1. The van der Waals surface area contributed by atoms with E-state index in [1.54, 1.807) is 25.2 Å². The van der Waals surface area contributed by atoms with Gasteiger partial charge >= 0.3 is 5.97 Å². The fraction of sp³-hybridized carbons (Fsp3) is 0.300. The predicted octanol–water partition coefficient (Wildman–Crippen LogP) is 2.57. The highest BCUT2D eigenvalue weighted by Gasteiger charge is 2.22. The summed E-state index contributed by atoms with van der Waals surface area (Å²) in [6, 6.07) is 10.8. The Bertz CT molecular complexity index is 864. The number of fused-ring (bicyclic) bond motifs is 2. The van der Waals surface area contributed by atoms with Crippen LogP contribution in [0, 0.1) is 0 Å². The van der Waals surface area contributed by atoms with Gasteiger partial charge in [0.2, 0.25) is 0 Å². The largest absolute Gasteiger partial charge is 0.492 e. The van der Waals surface area contributed by atoms with E-state index >= 15 is 0 Å². The van der Waals surface area contributed by atoms with E-state index in [4.69, 9.17) is 19.4 Å². The van der Waals surface area contributed by atoms with Gasteiger partial charge in [-0.15, -0.1) is 0 Å². The number of rotatable bonds is 3. The number of hydrogen-bond donors (Lipinski definition) is 1. The van der Waals surface area contributed by atoms with Crippen LogP contribution in [0.4, 0.5) is 0 Å². The van der Waals surface area contributed by atoms with Gasteiger partial charge in [0.15, 0.2) is 0 Å². The average molecular weight is 371 g/mol. The quantitative estimate of drug-likeness (QED) is 0.835. The maximum atomic E-state index is 11.9. The van der Waals surface area contributed by atoms with Crippen molar-refractivity contribution in [3.63, 3.8) is 0 Å². The van der Waals surface area contributed by atoms with Crippen molar-refractivity contribution in [1.29, 1.82) is 0 Å². The number of amides is 1. The van der Waals surface area contributed by atoms with Gasteiger partial charge in [-0.05, 0) is 23.3 Å². The lowest BCUT2D eigenvalue weighted by molar-refractivity contribution is -0.0758. The smallest absolute Gasteiger partial charge is 0.339 e. The first-order valence-corrected chi connectivity index (χ1v) is 8.57. The number of hydroxylamine groups is 2. The van der Waals surface area contributed by atoms with Crippen molar-refractivity contribution in [2.45, 2.75) is 12.8 Å². The van der Waals surface area contributed by atoms with Crippen molar-refractivity contribution in [3.8, 4) is 11.5 Å². The van der Waals surface area contributed by atoms with Crippen LogP contribution in [0.15, 0.2) is 36.4 Å². The van der Waals surface area contributed by atoms with Crippen LogP contribution in [0.2, 0.25) is 0 Å². The fourth-order valence-electron chi connectivity index (χ4n) is 3.02. The van der Waals surface area contributed by atoms with Gasteiger partial charge in [0.05, 0.1) is 25.9 Å². The number of hydrogen-bond acceptors (Lipinski definition) is 5. The second-order valence-electron chi connectivity index (χ2n) is 6.07. The Morgan fingerprint density at radius 3 is 2.00 bits per heavy atom. The molecule has 0 spiro atoms. The molecule has 27 heavy (non-hydrogen) atoms. The highest BCUT2D eigenvalue weighted by Crippen LogP contribution is 2.30. The summed E-state index contributed by atoms with van der Waals surface area (Å²) in [5.41, 5.74) is 2.92. The maximum absolute atomic E-state index is 11.9. The number of nitrogens with zero attached hydrogens (tertiary/aromatic N) is 1. The third-order valence-corrected chi connectivity index (χ3v) is 4.45. The predicted molar refractivity (Wildman–Crippen MR) is 97.3 cm³/mol. The Hall–Kier alpha value is -3.06. The summed E-state index contributed by atoms with van der Waals surface area (Å²) in [6.07, 6.45) is 1.68. The van der Waals surface area contributed by atoms with Crippen LogP contribution >= 0.6 is 0 Å². The highest BCUT2D eigenvalue weighted by molar-refractivity contribution is 5.96. The van der Waals surface area contributed by atoms with Gasteiger partial charge in [0.1, 0.15) is 17.1 Å². The lowest BCUT2D eigenvalue weighted by atomic mass is 10.1. The fourth-order valence-corrected chi connectivity index (χ4v) is 3.02. The molecule has 4 rings (SSSR count). The third kappa shape index (κ3) is 3.88. The van der Waals surface area contributed by atoms with Crippen LogP contribution < -0.4 is 9.47 Å². The van der Waals surface area contributed by atoms with Gasteiger partial charge in [-0.1, -0.05) is 24.3 Å². The van der Waals surface area contributed by atoms with Crippen molar-refractivity contribution in [3.05, 3.63) is 58.7 Å². The number of carboxylic acids is 1. The molecule has 0 unspecified atom stereocenters. The molecule has 0 aromatic heterocycles. The number of ether oxygens (including phenoxy) is 2. The summed E-state index contributed by atoms with van der Waals surface area (Å²) in [5, 5.41) is 9.96. The minimum absolute atomic E-state index is 0.184. The maximum Gasteiger partial charge on any atom is 0.339 e. The summed E-state index contributed by atoms with van der Waals surface area (Å²) >= 11 is 0. The molecule has 0 saturated heterocycles. The van der Waals surface area contributed by atoms with Gasteiger partial charge in [-0.25, -0.2) is 9.86 Å². The molecule has 7 heteroatoms. The van der Waals surface area contributed by atoms with Crippen LogP contribution in [0.3, 0.4) is 0 Å². The van der Waals surface area contributed by atoms with E-state index < -0.39 is 5.97 Å². The van der Waals surface area contributed by atoms with Crippen molar-refractivity contribution < 1.29 is 29.0 Å². The second-order valence-corrected chi connectivity index (χ2v) is 6.07. The van der Waals surface area contributed by atoms with Gasteiger partial charge in [0, 0.05) is 19.9 Å². The SMILES string of the molecule is CON(C)C(=O)c1cccc2c1OCC2.O=C(O)c1cccc2c1OCC2. The number of carbonyl (C=O) groups is 2.